The van der Waals surface area contributed by atoms with Crippen molar-refractivity contribution in [2.75, 3.05) is 7.11 Å². The van der Waals surface area contributed by atoms with Crippen molar-refractivity contribution in [1.82, 2.24) is 0 Å². The van der Waals surface area contributed by atoms with E-state index in [0.29, 0.717) is 16.0 Å². The van der Waals surface area contributed by atoms with Crippen molar-refractivity contribution in [3.63, 3.8) is 0 Å². The lowest BCUT2D eigenvalue weighted by Crippen LogP contribution is -2.12. The lowest BCUT2D eigenvalue weighted by Gasteiger charge is -2.09. The van der Waals surface area contributed by atoms with Gasteiger partial charge in [-0.3, -0.25) is 4.52 Å². The first-order chi connectivity index (χ1) is 12.6. The Balaban J connectivity index is 1.97. The third-order valence-electron chi connectivity index (χ3n) is 3.75. The minimum atomic E-state index is -2.56. The van der Waals surface area contributed by atoms with E-state index in [4.69, 9.17) is 20.9 Å². The fourth-order valence-electron chi connectivity index (χ4n) is 2.50. The van der Waals surface area contributed by atoms with E-state index >= 15 is 0 Å². The maximum Gasteiger partial charge on any atom is 0.395 e. The number of hydrogen-bond donors (Lipinski definition) is 0. The van der Waals surface area contributed by atoms with Gasteiger partial charge in [-0.15, -0.1) is 0 Å². The number of hydrogen-bond acceptors (Lipinski definition) is 5. The Labute approximate surface area is 156 Å². The van der Waals surface area contributed by atoms with Gasteiger partial charge in [0.2, 0.25) is 11.8 Å². The summed E-state index contributed by atoms with van der Waals surface area (Å²) in [6.45, 7) is 0. The summed E-state index contributed by atoms with van der Waals surface area (Å²) in [6.07, 6.45) is 0. The van der Waals surface area contributed by atoms with Gasteiger partial charge in [0.15, 0.2) is 0 Å². The summed E-state index contributed by atoms with van der Waals surface area (Å²) in [5.41, 5.74) is 0.565. The second-order valence-corrected chi connectivity index (χ2v) is 6.68. The lowest BCUT2D eigenvalue weighted by molar-refractivity contribution is -0.169. The van der Waals surface area contributed by atoms with Crippen LogP contribution in [0.2, 0.25) is 5.02 Å². The maximum absolute atomic E-state index is 12.5. The Hall–Kier alpha value is -2.46. The van der Waals surface area contributed by atoms with Gasteiger partial charge >= 0.3 is 14.1 Å². The number of carbonyl (C=O) groups excluding carboxylic acids is 1. The number of esters is 1. The van der Waals surface area contributed by atoms with Crippen LogP contribution in [-0.2, 0) is 9.53 Å². The molecule has 1 unspecified atom stereocenters. The molecule has 3 aromatic rings. The minimum Gasteiger partial charge on any atom is -0.575 e. The zero-order valence-electron chi connectivity index (χ0n) is 13.8. The summed E-state index contributed by atoms with van der Waals surface area (Å²) >= 11 is 6.20. The minimum absolute atomic E-state index is 0.270. The Morgan fingerprint density at radius 2 is 1.77 bits per heavy atom. The molecule has 0 fully saturated rings. The van der Waals surface area contributed by atoms with E-state index in [1.807, 2.05) is 36.4 Å². The van der Waals surface area contributed by atoms with Crippen molar-refractivity contribution < 1.29 is 18.9 Å². The zero-order valence-corrected chi connectivity index (χ0v) is 15.5. The highest BCUT2D eigenvalue weighted by atomic mass is 35.5. The molecule has 0 aliphatic carbocycles. The molecular weight excluding hydrogens is 373 g/mol. The first kappa shape index (κ1) is 18.3. The third kappa shape index (κ3) is 4.02. The van der Waals surface area contributed by atoms with E-state index in [1.54, 1.807) is 30.3 Å². The number of nitrogens with zero attached hydrogens (tertiary/aromatic N) is 1. The van der Waals surface area contributed by atoms with Gasteiger partial charge < -0.3 is 9.63 Å². The highest BCUT2D eigenvalue weighted by Crippen LogP contribution is 2.39. The van der Waals surface area contributed by atoms with Crippen LogP contribution in [0.4, 0.5) is 0 Å². The Morgan fingerprint density at radius 3 is 2.50 bits per heavy atom. The van der Waals surface area contributed by atoms with Gasteiger partial charge in [-0.05, 0) is 17.0 Å². The standard InChI is InChI=1S/C19H15ClNO4P/c1-24-19(22)17(14-8-3-2-4-9-14)21-26(23)25-18-15-10-6-5-7-13(15)11-12-16(18)20/h2-12,17H,1H3/t17-/m0/s1. The first-order valence-corrected chi connectivity index (χ1v) is 9.27. The molecule has 0 saturated carbocycles. The number of rotatable bonds is 5. The molecule has 0 bridgehead atoms. The van der Waals surface area contributed by atoms with Crippen LogP contribution in [0.25, 0.3) is 10.8 Å². The van der Waals surface area contributed by atoms with Gasteiger partial charge in [-0.2, -0.15) is 0 Å². The van der Waals surface area contributed by atoms with Crippen LogP contribution in [0.3, 0.4) is 0 Å². The van der Waals surface area contributed by atoms with Crippen LogP contribution < -0.4 is 9.42 Å². The van der Waals surface area contributed by atoms with Crippen LogP contribution in [0, 0.1) is 0 Å². The molecule has 0 aliphatic heterocycles. The van der Waals surface area contributed by atoms with Crippen molar-refractivity contribution >= 4 is 36.5 Å². The molecule has 0 N–H and O–H groups in total. The summed E-state index contributed by atoms with van der Waals surface area (Å²) in [5.74, 6) is -0.349. The average molecular weight is 388 g/mol. The normalized spacial score (nSPS) is 12.7. The van der Waals surface area contributed by atoms with Crippen molar-refractivity contribution in [2.45, 2.75) is 6.04 Å². The van der Waals surface area contributed by atoms with Gasteiger partial charge in [0, 0.05) is 5.39 Å². The molecule has 0 amide bonds. The van der Waals surface area contributed by atoms with Crippen molar-refractivity contribution in [2.24, 2.45) is 4.74 Å². The van der Waals surface area contributed by atoms with Crippen molar-refractivity contribution in [1.29, 1.82) is 0 Å². The molecule has 0 radical (unpaired) electrons. The van der Waals surface area contributed by atoms with Gasteiger partial charge in [-0.1, -0.05) is 77.0 Å². The summed E-state index contributed by atoms with van der Waals surface area (Å²) in [4.78, 5) is 24.6. The zero-order chi connectivity index (χ0) is 18.5. The molecule has 0 spiro atoms. The number of fused-ring (bicyclic) bond motifs is 1. The molecular formula is C19H15ClNO4P. The summed E-state index contributed by atoms with van der Waals surface area (Å²) in [7, 11) is -1.30. The van der Waals surface area contributed by atoms with Gasteiger partial charge in [0.1, 0.15) is 0 Å². The SMILES string of the molecule is COC(=O)[C@@H](/N=[P+](\[O-])Oc1c(Cl)ccc2ccccc12)c1ccccc1. The monoisotopic (exact) mass is 387 g/mol. The molecule has 0 saturated heterocycles. The Bertz CT molecular complexity index is 962. The smallest absolute Gasteiger partial charge is 0.395 e. The molecule has 7 heteroatoms. The van der Waals surface area contributed by atoms with Crippen LogP contribution in [0.5, 0.6) is 5.75 Å². The average Bonchev–Trinajstić information content (AvgIpc) is 2.68. The second kappa shape index (κ2) is 8.28. The highest BCUT2D eigenvalue weighted by molar-refractivity contribution is 7.34. The van der Waals surface area contributed by atoms with Crippen LogP contribution >= 0.6 is 19.8 Å². The lowest BCUT2D eigenvalue weighted by atomic mass is 10.1. The summed E-state index contributed by atoms with van der Waals surface area (Å²) in [6, 6.07) is 18.6. The molecule has 0 aromatic heterocycles. The summed E-state index contributed by atoms with van der Waals surface area (Å²) < 4.78 is 14.3. The van der Waals surface area contributed by atoms with E-state index in [1.165, 1.54) is 7.11 Å². The predicted molar refractivity (Wildman–Crippen MR) is 100 cm³/mol. The number of benzene rings is 3. The molecule has 2 atom stereocenters. The fourth-order valence-corrected chi connectivity index (χ4v) is 3.58. The molecule has 0 aliphatic rings. The highest BCUT2D eigenvalue weighted by Gasteiger charge is 2.25. The summed E-state index contributed by atoms with van der Waals surface area (Å²) in [5, 5.41) is 1.92. The van der Waals surface area contributed by atoms with Crippen LogP contribution in [0.1, 0.15) is 11.6 Å². The van der Waals surface area contributed by atoms with E-state index in [9.17, 15) is 9.69 Å². The van der Waals surface area contributed by atoms with Crippen LogP contribution in [0.15, 0.2) is 71.5 Å². The van der Waals surface area contributed by atoms with Crippen LogP contribution in [-0.4, -0.2) is 13.1 Å². The topological polar surface area (TPSA) is 71.0 Å². The van der Waals surface area contributed by atoms with E-state index in [2.05, 4.69) is 4.74 Å². The van der Waals surface area contributed by atoms with Crippen molar-refractivity contribution in [3.05, 3.63) is 77.3 Å². The molecule has 0 heterocycles. The van der Waals surface area contributed by atoms with E-state index in [0.717, 1.165) is 5.39 Å². The molecule has 3 aromatic carbocycles. The van der Waals surface area contributed by atoms with Gasteiger partial charge in [-0.25, -0.2) is 4.79 Å². The predicted octanol–water partition coefficient (Wildman–Crippen LogP) is 4.64. The third-order valence-corrected chi connectivity index (χ3v) is 4.81. The number of carbonyl (C=O) groups is 1. The number of methoxy groups -OCH3 is 1. The van der Waals surface area contributed by atoms with Crippen molar-refractivity contribution in [3.8, 4) is 5.75 Å². The molecule has 5 nitrogen and oxygen atoms in total. The van der Waals surface area contributed by atoms with E-state index in [-0.39, 0.29) is 5.75 Å². The number of ether oxygens (including phenoxy) is 1. The molecule has 3 rings (SSSR count). The maximum atomic E-state index is 12.5. The Morgan fingerprint density at radius 1 is 1.08 bits per heavy atom. The fraction of sp³-hybridized carbons (Fsp3) is 0.105. The van der Waals surface area contributed by atoms with Gasteiger partial charge in [0.25, 0.3) is 0 Å². The molecule has 132 valence electrons. The first-order valence-electron chi connectivity index (χ1n) is 7.76. The number of halogens is 1. The molecule has 26 heavy (non-hydrogen) atoms. The van der Waals surface area contributed by atoms with E-state index < -0.39 is 20.2 Å². The van der Waals surface area contributed by atoms with Gasteiger partial charge in [0.05, 0.1) is 12.1 Å². The largest absolute Gasteiger partial charge is 0.575 e. The second-order valence-electron chi connectivity index (χ2n) is 5.38. The quantitative estimate of drug-likeness (QED) is 0.472. The Kier molecular flexibility index (Phi) is 5.84.